The van der Waals surface area contributed by atoms with Gasteiger partial charge in [-0.2, -0.15) is 0 Å². The molecule has 1 amide bonds. The standard InChI is InChI=1S/C18H21BrN2O3.ClH/c1-12-6-8-13(9-7-12)17(20)18(23)21-10-14(22)11-24-16-5-3-2-4-15(16)19;/h2-9,14,17,22H,10-11,20H2,1H3,(H,21,23);1H. The number of carbonyl (C=O) groups excluding carboxylic acids is 1. The van der Waals surface area contributed by atoms with E-state index in [9.17, 15) is 9.90 Å². The molecule has 5 nitrogen and oxygen atoms in total. The van der Waals surface area contributed by atoms with E-state index in [1.165, 1.54) is 0 Å². The number of rotatable bonds is 7. The van der Waals surface area contributed by atoms with Crippen LogP contribution in [0.25, 0.3) is 0 Å². The van der Waals surface area contributed by atoms with Gasteiger partial charge < -0.3 is 20.9 Å². The molecule has 2 unspecified atom stereocenters. The third-order valence-electron chi connectivity index (χ3n) is 3.50. The highest BCUT2D eigenvalue weighted by molar-refractivity contribution is 9.10. The molecule has 0 aliphatic rings. The molecule has 0 bridgehead atoms. The maximum atomic E-state index is 12.1. The lowest BCUT2D eigenvalue weighted by Gasteiger charge is -2.16. The number of amides is 1. The number of para-hydroxylation sites is 1. The van der Waals surface area contributed by atoms with Crippen LogP contribution >= 0.6 is 28.3 Å². The molecule has 0 aliphatic carbocycles. The zero-order valence-corrected chi connectivity index (χ0v) is 16.2. The minimum absolute atomic E-state index is 0. The average molecular weight is 430 g/mol. The number of aryl methyl sites for hydroxylation is 1. The first-order valence-electron chi connectivity index (χ1n) is 7.62. The number of benzene rings is 2. The molecule has 25 heavy (non-hydrogen) atoms. The van der Waals surface area contributed by atoms with Crippen LogP contribution in [0.5, 0.6) is 5.75 Å². The Bertz CT molecular complexity index is 682. The first-order chi connectivity index (χ1) is 11.5. The number of nitrogens with two attached hydrogens (primary N) is 1. The molecule has 136 valence electrons. The van der Waals surface area contributed by atoms with Crippen LogP contribution in [0.4, 0.5) is 0 Å². The molecule has 0 saturated heterocycles. The Morgan fingerprint density at radius 1 is 1.24 bits per heavy atom. The van der Waals surface area contributed by atoms with Crippen LogP contribution < -0.4 is 15.8 Å². The summed E-state index contributed by atoms with van der Waals surface area (Å²) < 4.78 is 6.32. The van der Waals surface area contributed by atoms with Gasteiger partial charge in [0.25, 0.3) is 0 Å². The molecular formula is C18H22BrClN2O3. The van der Waals surface area contributed by atoms with Crippen LogP contribution in [0.1, 0.15) is 17.2 Å². The summed E-state index contributed by atoms with van der Waals surface area (Å²) in [5, 5.41) is 12.6. The van der Waals surface area contributed by atoms with Gasteiger partial charge in [0.2, 0.25) is 5.91 Å². The molecule has 0 spiro atoms. The SMILES string of the molecule is Cc1ccc(C(N)C(=O)NCC(O)COc2ccccc2Br)cc1.Cl. The van der Waals surface area contributed by atoms with Gasteiger partial charge in [-0.3, -0.25) is 4.79 Å². The van der Waals surface area contributed by atoms with E-state index in [4.69, 9.17) is 10.5 Å². The Morgan fingerprint density at radius 2 is 1.88 bits per heavy atom. The second kappa shape index (κ2) is 10.4. The molecule has 0 radical (unpaired) electrons. The Hall–Kier alpha value is -1.60. The van der Waals surface area contributed by atoms with E-state index in [2.05, 4.69) is 21.2 Å². The summed E-state index contributed by atoms with van der Waals surface area (Å²) >= 11 is 3.37. The predicted molar refractivity (Wildman–Crippen MR) is 104 cm³/mol. The fourth-order valence-electron chi connectivity index (χ4n) is 2.06. The topological polar surface area (TPSA) is 84.6 Å². The second-order valence-corrected chi connectivity index (χ2v) is 6.38. The van der Waals surface area contributed by atoms with Crippen LogP contribution in [-0.2, 0) is 4.79 Å². The number of aliphatic hydroxyl groups excluding tert-OH is 1. The molecule has 2 aromatic carbocycles. The Morgan fingerprint density at radius 3 is 2.52 bits per heavy atom. The molecular weight excluding hydrogens is 408 g/mol. The highest BCUT2D eigenvalue weighted by Gasteiger charge is 2.17. The summed E-state index contributed by atoms with van der Waals surface area (Å²) in [7, 11) is 0. The van der Waals surface area contributed by atoms with Gasteiger partial charge in [-0.25, -0.2) is 0 Å². The van der Waals surface area contributed by atoms with Gasteiger partial charge in [0.15, 0.2) is 0 Å². The van der Waals surface area contributed by atoms with E-state index < -0.39 is 12.1 Å². The lowest BCUT2D eigenvalue weighted by Crippen LogP contribution is -2.40. The summed E-state index contributed by atoms with van der Waals surface area (Å²) in [6, 6.07) is 14.1. The zero-order chi connectivity index (χ0) is 17.5. The van der Waals surface area contributed by atoms with Crippen LogP contribution in [0, 0.1) is 6.92 Å². The molecule has 0 aliphatic heterocycles. The van der Waals surface area contributed by atoms with Crippen molar-refractivity contribution in [3.8, 4) is 5.75 Å². The van der Waals surface area contributed by atoms with Crippen LogP contribution in [0.2, 0.25) is 0 Å². The van der Waals surface area contributed by atoms with E-state index >= 15 is 0 Å². The van der Waals surface area contributed by atoms with Crippen molar-refractivity contribution in [2.24, 2.45) is 5.73 Å². The van der Waals surface area contributed by atoms with Gasteiger partial charge in [-0.05, 0) is 40.5 Å². The largest absolute Gasteiger partial charge is 0.490 e. The predicted octanol–water partition coefficient (Wildman–Crippen LogP) is 2.74. The number of hydrogen-bond donors (Lipinski definition) is 3. The monoisotopic (exact) mass is 428 g/mol. The zero-order valence-electron chi connectivity index (χ0n) is 13.8. The Kier molecular flexibility index (Phi) is 8.92. The molecule has 7 heteroatoms. The van der Waals surface area contributed by atoms with Crippen LogP contribution in [0.3, 0.4) is 0 Å². The molecule has 0 fully saturated rings. The minimum Gasteiger partial charge on any atom is -0.490 e. The summed E-state index contributed by atoms with van der Waals surface area (Å²) in [4.78, 5) is 12.1. The third-order valence-corrected chi connectivity index (χ3v) is 4.15. The van der Waals surface area contributed by atoms with E-state index in [-0.39, 0.29) is 31.5 Å². The smallest absolute Gasteiger partial charge is 0.241 e. The van der Waals surface area contributed by atoms with Crippen LogP contribution in [0.15, 0.2) is 53.0 Å². The van der Waals surface area contributed by atoms with Gasteiger partial charge in [0, 0.05) is 6.54 Å². The first kappa shape index (κ1) is 21.4. The second-order valence-electron chi connectivity index (χ2n) is 5.53. The summed E-state index contributed by atoms with van der Waals surface area (Å²) in [5.74, 6) is 0.304. The first-order valence-corrected chi connectivity index (χ1v) is 8.42. The molecule has 0 heterocycles. The quantitative estimate of drug-likeness (QED) is 0.632. The number of halogens is 2. The normalized spacial score (nSPS) is 12.6. The lowest BCUT2D eigenvalue weighted by atomic mass is 10.1. The summed E-state index contributed by atoms with van der Waals surface area (Å²) in [6.45, 7) is 2.11. The average Bonchev–Trinajstić information content (AvgIpc) is 2.59. The van der Waals surface area contributed by atoms with Crippen molar-refractivity contribution in [3.05, 3.63) is 64.1 Å². The highest BCUT2D eigenvalue weighted by Crippen LogP contribution is 2.23. The maximum Gasteiger partial charge on any atom is 0.241 e. The number of ether oxygens (including phenoxy) is 1. The number of hydrogen-bond acceptors (Lipinski definition) is 4. The van der Waals surface area contributed by atoms with Crippen LogP contribution in [-0.4, -0.2) is 30.3 Å². The summed E-state index contributed by atoms with van der Waals surface area (Å²) in [6.07, 6.45) is -0.828. The fourth-order valence-corrected chi connectivity index (χ4v) is 2.46. The van der Waals surface area contributed by atoms with Gasteiger partial charge in [-0.1, -0.05) is 42.0 Å². The third kappa shape index (κ3) is 6.66. The van der Waals surface area contributed by atoms with Gasteiger partial charge in [-0.15, -0.1) is 12.4 Å². The van der Waals surface area contributed by atoms with Gasteiger partial charge in [0.1, 0.15) is 24.5 Å². The maximum absolute atomic E-state index is 12.1. The van der Waals surface area contributed by atoms with Crippen molar-refractivity contribution in [1.29, 1.82) is 0 Å². The molecule has 0 aromatic heterocycles. The number of carbonyl (C=O) groups is 1. The number of nitrogens with one attached hydrogen (secondary N) is 1. The minimum atomic E-state index is -0.828. The van der Waals surface area contributed by atoms with Crippen molar-refractivity contribution in [3.63, 3.8) is 0 Å². The Balaban J connectivity index is 0.00000312. The molecule has 2 atom stereocenters. The molecule has 2 rings (SSSR count). The molecule has 4 N–H and O–H groups in total. The van der Waals surface area contributed by atoms with E-state index in [0.29, 0.717) is 5.75 Å². The molecule has 2 aromatic rings. The van der Waals surface area contributed by atoms with Gasteiger partial charge >= 0.3 is 0 Å². The summed E-state index contributed by atoms with van der Waals surface area (Å²) in [5.41, 5.74) is 7.76. The Labute approximate surface area is 162 Å². The van der Waals surface area contributed by atoms with E-state index in [1.54, 1.807) is 6.07 Å². The van der Waals surface area contributed by atoms with Crippen molar-refractivity contribution in [2.75, 3.05) is 13.2 Å². The van der Waals surface area contributed by atoms with Crippen molar-refractivity contribution < 1.29 is 14.6 Å². The molecule has 0 saturated carbocycles. The highest BCUT2D eigenvalue weighted by atomic mass is 79.9. The van der Waals surface area contributed by atoms with E-state index in [1.807, 2.05) is 49.4 Å². The fraction of sp³-hybridized carbons (Fsp3) is 0.278. The lowest BCUT2D eigenvalue weighted by molar-refractivity contribution is -0.123. The van der Waals surface area contributed by atoms with E-state index in [0.717, 1.165) is 15.6 Å². The number of aliphatic hydroxyl groups is 1. The van der Waals surface area contributed by atoms with Crippen molar-refractivity contribution >= 4 is 34.2 Å². The van der Waals surface area contributed by atoms with Gasteiger partial charge in [0.05, 0.1) is 4.47 Å². The van der Waals surface area contributed by atoms with Crippen molar-refractivity contribution in [2.45, 2.75) is 19.1 Å². The van der Waals surface area contributed by atoms with Crippen molar-refractivity contribution in [1.82, 2.24) is 5.32 Å².